The van der Waals surface area contributed by atoms with E-state index in [1.807, 2.05) is 20.8 Å². The molecule has 11 heteroatoms. The standard InChI is InChI=1S/C31H36Cl3N3O4S/c1-6-22(5)35-31(39)28(7-2)36(18-23-11-15-26(33)27(34)16-23)30(38)19-37(29-17-24(32)12-10-21(29)4)42(40,41)25-13-8-20(3)9-14-25/h8-17,22,28H,6-7,18-19H2,1-5H3,(H,35,39)/t22-,28+/m0/s1. The average Bonchev–Trinajstić information content (AvgIpc) is 2.94. The molecule has 226 valence electrons. The molecular formula is C31H36Cl3N3O4S. The lowest BCUT2D eigenvalue weighted by Crippen LogP contribution is -2.53. The summed E-state index contributed by atoms with van der Waals surface area (Å²) in [5, 5.41) is 3.93. The van der Waals surface area contributed by atoms with Gasteiger partial charge in [0, 0.05) is 17.6 Å². The number of rotatable bonds is 12. The summed E-state index contributed by atoms with van der Waals surface area (Å²) in [5.74, 6) is -0.894. The lowest BCUT2D eigenvalue weighted by molar-refractivity contribution is -0.140. The second-order valence-corrected chi connectivity index (χ2v) is 13.4. The Morgan fingerprint density at radius 1 is 0.881 bits per heavy atom. The molecule has 7 nitrogen and oxygen atoms in total. The van der Waals surface area contributed by atoms with E-state index >= 15 is 0 Å². The van der Waals surface area contributed by atoms with E-state index in [1.165, 1.54) is 23.1 Å². The van der Waals surface area contributed by atoms with Crippen LogP contribution < -0.4 is 9.62 Å². The van der Waals surface area contributed by atoms with Crippen LogP contribution in [0.1, 0.15) is 50.3 Å². The van der Waals surface area contributed by atoms with Crippen LogP contribution in [0.15, 0.2) is 65.6 Å². The molecule has 0 aliphatic rings. The van der Waals surface area contributed by atoms with Gasteiger partial charge in [0.25, 0.3) is 10.0 Å². The number of nitrogens with zero attached hydrogens (tertiary/aromatic N) is 2. The van der Waals surface area contributed by atoms with Gasteiger partial charge in [-0.25, -0.2) is 8.42 Å². The molecule has 3 aromatic rings. The van der Waals surface area contributed by atoms with Crippen LogP contribution in [0.25, 0.3) is 0 Å². The first kappa shape index (κ1) is 33.7. The Bertz CT molecular complexity index is 1530. The SMILES string of the molecule is CC[C@H](C(=O)N[C@@H](C)CC)N(Cc1ccc(Cl)c(Cl)c1)C(=O)CN(c1cc(Cl)ccc1C)S(=O)(=O)c1ccc(C)cc1. The zero-order valence-corrected chi connectivity index (χ0v) is 27.4. The highest BCUT2D eigenvalue weighted by atomic mass is 35.5. The zero-order chi connectivity index (χ0) is 31.2. The van der Waals surface area contributed by atoms with Gasteiger partial charge in [-0.3, -0.25) is 13.9 Å². The summed E-state index contributed by atoms with van der Waals surface area (Å²) in [6, 6.07) is 15.3. The number of sulfonamides is 1. The van der Waals surface area contributed by atoms with Crippen LogP contribution >= 0.6 is 34.8 Å². The first-order valence-corrected chi connectivity index (χ1v) is 16.2. The Balaban J connectivity index is 2.12. The van der Waals surface area contributed by atoms with Crippen molar-refractivity contribution in [2.75, 3.05) is 10.8 Å². The van der Waals surface area contributed by atoms with Crippen molar-refractivity contribution in [3.05, 3.63) is 92.4 Å². The third kappa shape index (κ3) is 8.19. The van der Waals surface area contributed by atoms with Crippen molar-refractivity contribution < 1.29 is 18.0 Å². The van der Waals surface area contributed by atoms with Crippen LogP contribution in [-0.4, -0.2) is 43.8 Å². The van der Waals surface area contributed by atoms with Crippen molar-refractivity contribution in [1.29, 1.82) is 0 Å². The first-order valence-electron chi connectivity index (χ1n) is 13.7. The summed E-state index contributed by atoms with van der Waals surface area (Å²) in [4.78, 5) is 29.0. The molecule has 3 aromatic carbocycles. The molecule has 0 saturated carbocycles. The molecule has 0 saturated heterocycles. The molecule has 0 fully saturated rings. The van der Waals surface area contributed by atoms with E-state index in [0.29, 0.717) is 39.0 Å². The Kier molecular flexibility index (Phi) is 11.7. The number of benzene rings is 3. The molecular weight excluding hydrogens is 617 g/mol. The minimum atomic E-state index is -4.21. The number of halogens is 3. The summed E-state index contributed by atoms with van der Waals surface area (Å²) in [7, 11) is -4.21. The largest absolute Gasteiger partial charge is 0.352 e. The third-order valence-electron chi connectivity index (χ3n) is 7.05. The second kappa shape index (κ2) is 14.6. The molecule has 0 aliphatic carbocycles. The highest BCUT2D eigenvalue weighted by molar-refractivity contribution is 7.92. The van der Waals surface area contributed by atoms with Crippen molar-refractivity contribution in [1.82, 2.24) is 10.2 Å². The van der Waals surface area contributed by atoms with Gasteiger partial charge in [-0.1, -0.05) is 78.5 Å². The molecule has 3 rings (SSSR count). The number of amides is 2. The van der Waals surface area contributed by atoms with Crippen LogP contribution in [0, 0.1) is 13.8 Å². The van der Waals surface area contributed by atoms with Gasteiger partial charge in [-0.2, -0.15) is 0 Å². The molecule has 2 atom stereocenters. The van der Waals surface area contributed by atoms with Gasteiger partial charge >= 0.3 is 0 Å². The van der Waals surface area contributed by atoms with Gasteiger partial charge in [0.1, 0.15) is 12.6 Å². The van der Waals surface area contributed by atoms with Crippen LogP contribution in [0.5, 0.6) is 0 Å². The van der Waals surface area contributed by atoms with Crippen LogP contribution in [0.4, 0.5) is 5.69 Å². The first-order chi connectivity index (χ1) is 19.8. The summed E-state index contributed by atoms with van der Waals surface area (Å²) >= 11 is 18.7. The van der Waals surface area contributed by atoms with Gasteiger partial charge in [-0.15, -0.1) is 0 Å². The van der Waals surface area contributed by atoms with Crippen LogP contribution in [0.2, 0.25) is 15.1 Å². The Labute approximate surface area is 263 Å². The van der Waals surface area contributed by atoms with Crippen LogP contribution in [0.3, 0.4) is 0 Å². The van der Waals surface area contributed by atoms with Crippen LogP contribution in [-0.2, 0) is 26.2 Å². The number of anilines is 1. The normalized spacial score (nSPS) is 12.9. The Morgan fingerprint density at radius 2 is 1.55 bits per heavy atom. The Morgan fingerprint density at radius 3 is 2.14 bits per heavy atom. The smallest absolute Gasteiger partial charge is 0.264 e. The molecule has 0 radical (unpaired) electrons. The van der Waals surface area contributed by atoms with E-state index in [4.69, 9.17) is 34.8 Å². The van der Waals surface area contributed by atoms with Crippen molar-refractivity contribution in [3.8, 4) is 0 Å². The minimum absolute atomic E-state index is 0.00903. The number of hydrogen-bond acceptors (Lipinski definition) is 4. The molecule has 0 aliphatic heterocycles. The number of carbonyl (C=O) groups excluding carboxylic acids is 2. The van der Waals surface area contributed by atoms with Crippen molar-refractivity contribution >= 4 is 62.3 Å². The highest BCUT2D eigenvalue weighted by Gasteiger charge is 2.34. The zero-order valence-electron chi connectivity index (χ0n) is 24.3. The molecule has 42 heavy (non-hydrogen) atoms. The van der Waals surface area contributed by atoms with Gasteiger partial charge in [-0.05, 0) is 81.1 Å². The molecule has 0 unspecified atom stereocenters. The van der Waals surface area contributed by atoms with Crippen molar-refractivity contribution in [3.63, 3.8) is 0 Å². The monoisotopic (exact) mass is 651 g/mol. The summed E-state index contributed by atoms with van der Waals surface area (Å²) in [6.07, 6.45) is 1.01. The summed E-state index contributed by atoms with van der Waals surface area (Å²) in [6.45, 7) is 8.68. The Hall–Kier alpha value is -2.78. The number of aryl methyl sites for hydroxylation is 2. The predicted molar refractivity (Wildman–Crippen MR) is 171 cm³/mol. The number of carbonyl (C=O) groups is 2. The second-order valence-electron chi connectivity index (χ2n) is 10.3. The van der Waals surface area contributed by atoms with E-state index in [-0.39, 0.29) is 29.1 Å². The quantitative estimate of drug-likeness (QED) is 0.225. The highest BCUT2D eigenvalue weighted by Crippen LogP contribution is 2.31. The van der Waals surface area contributed by atoms with E-state index < -0.39 is 28.5 Å². The molecule has 1 N–H and O–H groups in total. The predicted octanol–water partition coefficient (Wildman–Crippen LogP) is 7.18. The van der Waals surface area contributed by atoms with Gasteiger partial charge in [0.15, 0.2) is 0 Å². The topological polar surface area (TPSA) is 86.8 Å². The van der Waals surface area contributed by atoms with E-state index in [1.54, 1.807) is 56.3 Å². The van der Waals surface area contributed by atoms with Gasteiger partial charge in [0.05, 0.1) is 20.6 Å². The maximum Gasteiger partial charge on any atom is 0.264 e. The number of nitrogens with one attached hydrogen (secondary N) is 1. The number of hydrogen-bond donors (Lipinski definition) is 1. The molecule has 2 amide bonds. The molecule has 0 spiro atoms. The van der Waals surface area contributed by atoms with Gasteiger partial charge < -0.3 is 10.2 Å². The average molecular weight is 653 g/mol. The van der Waals surface area contributed by atoms with E-state index in [0.717, 1.165) is 9.87 Å². The third-order valence-corrected chi connectivity index (χ3v) is 9.80. The molecule has 0 heterocycles. The van der Waals surface area contributed by atoms with Crippen molar-refractivity contribution in [2.24, 2.45) is 0 Å². The van der Waals surface area contributed by atoms with Gasteiger partial charge in [0.2, 0.25) is 11.8 Å². The fraction of sp³-hybridized carbons (Fsp3) is 0.355. The van der Waals surface area contributed by atoms with Crippen molar-refractivity contribution in [2.45, 2.75) is 71.0 Å². The fourth-order valence-corrected chi connectivity index (χ4v) is 6.35. The fourth-order valence-electron chi connectivity index (χ4n) is 4.40. The maximum atomic E-state index is 14.2. The maximum absolute atomic E-state index is 14.2. The molecule has 0 bridgehead atoms. The van der Waals surface area contributed by atoms with E-state index in [2.05, 4.69) is 5.32 Å². The van der Waals surface area contributed by atoms with E-state index in [9.17, 15) is 18.0 Å². The summed E-state index contributed by atoms with van der Waals surface area (Å²) in [5.41, 5.74) is 2.41. The lowest BCUT2D eigenvalue weighted by atomic mass is 10.1. The lowest BCUT2D eigenvalue weighted by Gasteiger charge is -2.34. The molecule has 0 aromatic heterocycles. The summed E-state index contributed by atoms with van der Waals surface area (Å²) < 4.78 is 29.2. The minimum Gasteiger partial charge on any atom is -0.352 e.